The van der Waals surface area contributed by atoms with Gasteiger partial charge in [-0.3, -0.25) is 0 Å². The van der Waals surface area contributed by atoms with Gasteiger partial charge in [-0.2, -0.15) is 5.26 Å². The Kier molecular flexibility index (Phi) is 6.29. The number of sulfone groups is 1. The van der Waals surface area contributed by atoms with Gasteiger partial charge in [-0.15, -0.1) is 0 Å². The Morgan fingerprint density at radius 2 is 1.81 bits per heavy atom. The van der Waals surface area contributed by atoms with Crippen LogP contribution >= 0.6 is 15.9 Å². The molecule has 0 heterocycles. The molecule has 0 unspecified atom stereocenters. The second-order valence-corrected chi connectivity index (χ2v) is 9.38. The number of amides is 1. The van der Waals surface area contributed by atoms with E-state index in [2.05, 4.69) is 21.2 Å². The van der Waals surface area contributed by atoms with E-state index in [9.17, 15) is 18.5 Å². The van der Waals surface area contributed by atoms with Gasteiger partial charge in [-0.25, -0.2) is 13.2 Å². The number of ether oxygens (including phenoxy) is 1. The molecule has 0 atom stereocenters. The molecule has 142 valence electrons. The highest BCUT2D eigenvalue weighted by Gasteiger charge is 2.26. The lowest BCUT2D eigenvalue weighted by Crippen LogP contribution is -2.32. The Labute approximate surface area is 167 Å². The van der Waals surface area contributed by atoms with Crippen LogP contribution in [0.3, 0.4) is 0 Å². The van der Waals surface area contributed by atoms with E-state index in [0.29, 0.717) is 5.56 Å². The lowest BCUT2D eigenvalue weighted by atomic mass is 10.1. The molecule has 2 rings (SSSR count). The van der Waals surface area contributed by atoms with Crippen molar-refractivity contribution in [3.8, 4) is 6.07 Å². The first-order valence-corrected chi connectivity index (χ1v) is 10.3. The molecule has 0 aromatic heterocycles. The monoisotopic (exact) mass is 450 g/mol. The van der Waals surface area contributed by atoms with Crippen LogP contribution in [-0.2, 0) is 21.1 Å². The van der Waals surface area contributed by atoms with Gasteiger partial charge >= 0.3 is 6.09 Å². The molecule has 0 saturated carbocycles. The van der Waals surface area contributed by atoms with Gasteiger partial charge in [0.15, 0.2) is 0 Å². The topological polar surface area (TPSA) is 96.3 Å². The molecule has 0 saturated heterocycles. The van der Waals surface area contributed by atoms with Gasteiger partial charge in [0.1, 0.15) is 16.6 Å². The van der Waals surface area contributed by atoms with Crippen LogP contribution < -0.4 is 5.32 Å². The SMILES string of the molecule is CC(C)(C)OC(=O)NCc1ccc(C#N)c(S(=O)(=O)c2ccccc2)c1Br. The molecule has 6 nitrogen and oxygen atoms in total. The minimum atomic E-state index is -3.92. The van der Waals surface area contributed by atoms with E-state index >= 15 is 0 Å². The van der Waals surface area contributed by atoms with Crippen molar-refractivity contribution < 1.29 is 17.9 Å². The van der Waals surface area contributed by atoms with Crippen molar-refractivity contribution in [3.63, 3.8) is 0 Å². The first kappa shape index (κ1) is 20.9. The van der Waals surface area contributed by atoms with Crippen LogP contribution in [0.2, 0.25) is 0 Å². The first-order valence-electron chi connectivity index (χ1n) is 8.05. The van der Waals surface area contributed by atoms with Crippen LogP contribution in [0.1, 0.15) is 31.9 Å². The number of nitrogens with zero attached hydrogens (tertiary/aromatic N) is 1. The van der Waals surface area contributed by atoms with Gasteiger partial charge in [0.25, 0.3) is 0 Å². The Bertz CT molecular complexity index is 991. The fourth-order valence-electron chi connectivity index (χ4n) is 2.28. The number of carbonyl (C=O) groups excluding carboxylic acids is 1. The minimum Gasteiger partial charge on any atom is -0.444 e. The van der Waals surface area contributed by atoms with E-state index < -0.39 is 21.5 Å². The van der Waals surface area contributed by atoms with Gasteiger partial charge in [0, 0.05) is 11.0 Å². The number of nitriles is 1. The lowest BCUT2D eigenvalue weighted by Gasteiger charge is -2.20. The number of hydrogen-bond acceptors (Lipinski definition) is 5. The van der Waals surface area contributed by atoms with E-state index in [0.717, 1.165) is 0 Å². The maximum absolute atomic E-state index is 13.0. The Balaban J connectivity index is 2.41. The number of hydrogen-bond donors (Lipinski definition) is 1. The molecule has 0 spiro atoms. The highest BCUT2D eigenvalue weighted by atomic mass is 79.9. The van der Waals surface area contributed by atoms with Crippen molar-refractivity contribution in [1.29, 1.82) is 5.26 Å². The average Bonchev–Trinajstić information content (AvgIpc) is 2.59. The Morgan fingerprint density at radius 1 is 1.19 bits per heavy atom. The second kappa shape index (κ2) is 8.11. The fraction of sp³-hybridized carbons (Fsp3) is 0.263. The summed E-state index contributed by atoms with van der Waals surface area (Å²) in [4.78, 5) is 11.8. The van der Waals surface area contributed by atoms with Gasteiger partial charge in [0.05, 0.1) is 10.5 Å². The van der Waals surface area contributed by atoms with Crippen LogP contribution in [0.25, 0.3) is 0 Å². The molecule has 27 heavy (non-hydrogen) atoms. The molecule has 0 bridgehead atoms. The highest BCUT2D eigenvalue weighted by molar-refractivity contribution is 9.10. The zero-order valence-corrected chi connectivity index (χ0v) is 17.5. The number of alkyl carbamates (subject to hydrolysis) is 1. The van der Waals surface area contributed by atoms with Crippen molar-refractivity contribution in [3.05, 3.63) is 58.1 Å². The predicted octanol–water partition coefficient (Wildman–Crippen LogP) is 4.18. The molecule has 0 aliphatic rings. The van der Waals surface area contributed by atoms with Crippen LogP contribution in [-0.4, -0.2) is 20.1 Å². The smallest absolute Gasteiger partial charge is 0.407 e. The lowest BCUT2D eigenvalue weighted by molar-refractivity contribution is 0.0523. The summed E-state index contributed by atoms with van der Waals surface area (Å²) in [6.07, 6.45) is -0.619. The van der Waals surface area contributed by atoms with Gasteiger partial charge in [0.2, 0.25) is 9.84 Å². The Morgan fingerprint density at radius 3 is 2.37 bits per heavy atom. The summed E-state index contributed by atoms with van der Waals surface area (Å²) in [6, 6.07) is 12.8. The van der Waals surface area contributed by atoms with Crippen LogP contribution in [0.4, 0.5) is 4.79 Å². The fourth-order valence-corrected chi connectivity index (χ4v) is 4.93. The summed E-state index contributed by atoms with van der Waals surface area (Å²) in [6.45, 7) is 5.27. The van der Waals surface area contributed by atoms with Crippen molar-refractivity contribution in [2.24, 2.45) is 0 Å². The Hall–Kier alpha value is -2.37. The summed E-state index contributed by atoms with van der Waals surface area (Å²) < 4.78 is 31.5. The van der Waals surface area contributed by atoms with E-state index in [1.54, 1.807) is 45.0 Å². The summed E-state index contributed by atoms with van der Waals surface area (Å²) in [7, 11) is -3.92. The highest BCUT2D eigenvalue weighted by Crippen LogP contribution is 2.33. The number of carbonyl (C=O) groups is 1. The largest absolute Gasteiger partial charge is 0.444 e. The molecule has 0 fully saturated rings. The zero-order valence-electron chi connectivity index (χ0n) is 15.1. The first-order chi connectivity index (χ1) is 12.6. The number of benzene rings is 2. The molecular weight excluding hydrogens is 432 g/mol. The zero-order chi connectivity index (χ0) is 20.2. The number of rotatable bonds is 4. The van der Waals surface area contributed by atoms with E-state index in [-0.39, 0.29) is 26.4 Å². The molecule has 8 heteroatoms. The van der Waals surface area contributed by atoms with Crippen molar-refractivity contribution in [2.75, 3.05) is 0 Å². The molecule has 1 N–H and O–H groups in total. The molecular formula is C19H19BrN2O4S. The molecule has 0 aliphatic heterocycles. The summed E-state index contributed by atoms with van der Waals surface area (Å²) >= 11 is 3.30. The quantitative estimate of drug-likeness (QED) is 0.753. The molecule has 2 aromatic carbocycles. The number of nitrogens with one attached hydrogen (secondary N) is 1. The van der Waals surface area contributed by atoms with E-state index in [1.807, 2.05) is 6.07 Å². The van der Waals surface area contributed by atoms with E-state index in [1.165, 1.54) is 18.2 Å². The second-order valence-electron chi connectivity index (χ2n) is 6.70. The van der Waals surface area contributed by atoms with Crippen LogP contribution in [0.5, 0.6) is 0 Å². The molecule has 2 aromatic rings. The van der Waals surface area contributed by atoms with E-state index in [4.69, 9.17) is 4.74 Å². The maximum Gasteiger partial charge on any atom is 0.407 e. The third kappa shape index (κ3) is 5.08. The predicted molar refractivity (Wildman–Crippen MR) is 104 cm³/mol. The van der Waals surface area contributed by atoms with Crippen LogP contribution in [0.15, 0.2) is 56.7 Å². The normalized spacial score (nSPS) is 11.5. The number of halogens is 1. The summed E-state index contributed by atoms with van der Waals surface area (Å²) in [5.74, 6) is 0. The van der Waals surface area contributed by atoms with Crippen LogP contribution in [0, 0.1) is 11.3 Å². The average molecular weight is 451 g/mol. The summed E-state index contributed by atoms with van der Waals surface area (Å²) in [5, 5.41) is 11.9. The minimum absolute atomic E-state index is 0.0201. The van der Waals surface area contributed by atoms with Gasteiger partial charge in [-0.1, -0.05) is 24.3 Å². The van der Waals surface area contributed by atoms with Crippen molar-refractivity contribution >= 4 is 31.9 Å². The van der Waals surface area contributed by atoms with Crippen molar-refractivity contribution in [1.82, 2.24) is 5.32 Å². The van der Waals surface area contributed by atoms with Crippen molar-refractivity contribution in [2.45, 2.75) is 42.7 Å². The molecule has 1 amide bonds. The van der Waals surface area contributed by atoms with Gasteiger partial charge in [-0.05, 0) is 60.5 Å². The molecule has 0 aliphatic carbocycles. The third-order valence-corrected chi connectivity index (χ3v) is 6.46. The maximum atomic E-state index is 13.0. The summed E-state index contributed by atoms with van der Waals surface area (Å²) in [5.41, 5.74) is -0.116. The molecule has 0 radical (unpaired) electrons. The third-order valence-electron chi connectivity index (χ3n) is 3.44. The van der Waals surface area contributed by atoms with Gasteiger partial charge < -0.3 is 10.1 Å². The standard InChI is InChI=1S/C19H19BrN2O4S/c1-19(2,3)26-18(23)22-12-14-10-9-13(11-21)17(16(14)20)27(24,25)15-7-5-4-6-8-15/h4-10H,12H2,1-3H3,(H,22,23).